The summed E-state index contributed by atoms with van der Waals surface area (Å²) in [6.07, 6.45) is 2.28. The number of carbonyl (C=O) groups excluding carboxylic acids is 4. The summed E-state index contributed by atoms with van der Waals surface area (Å²) in [5, 5.41) is 0. The molecule has 0 saturated carbocycles. The molecule has 0 aliphatic rings. The number of Topliss-reactive ketones (excluding diaryl/α,β-unsaturated/α-hetero) is 3. The highest BCUT2D eigenvalue weighted by atomic mass is 16.2. The van der Waals surface area contributed by atoms with Gasteiger partial charge in [0.25, 0.3) is 0 Å². The topological polar surface area (TPSA) is 68.3 Å². The Morgan fingerprint density at radius 3 is 2.13 bits per heavy atom. The highest BCUT2D eigenvalue weighted by molar-refractivity contribution is 6.03. The number of unbranched alkanes of at least 4 members (excludes halogenated alkanes) is 1. The number of hydrogen-bond donors (Lipinski definition) is 0. The molecule has 0 bridgehead atoms. The molecule has 0 fully saturated rings. The average molecular weight is 212 g/mol. The Morgan fingerprint density at radius 1 is 1.00 bits per heavy atom. The minimum absolute atomic E-state index is 0.111. The maximum atomic E-state index is 11.2. The number of rotatable bonds is 9. The van der Waals surface area contributed by atoms with Gasteiger partial charge < -0.3 is 9.59 Å². The molecule has 0 amide bonds. The van der Waals surface area contributed by atoms with Crippen LogP contribution < -0.4 is 0 Å². The van der Waals surface area contributed by atoms with E-state index in [9.17, 15) is 19.2 Å². The van der Waals surface area contributed by atoms with Gasteiger partial charge in [0, 0.05) is 12.8 Å². The standard InChI is InChI=1S/C11H16O4/c1-9(13)4-2-3-5-10(14)8-11(15)6-7-12/h7H,2-6,8H2,1H3. The van der Waals surface area contributed by atoms with Crippen LogP contribution in [-0.2, 0) is 19.2 Å². The molecular formula is C11H16O4. The molecule has 0 aromatic rings. The van der Waals surface area contributed by atoms with E-state index in [-0.39, 0.29) is 30.2 Å². The second-order valence-corrected chi connectivity index (χ2v) is 3.53. The lowest BCUT2D eigenvalue weighted by molar-refractivity contribution is -0.128. The van der Waals surface area contributed by atoms with Crippen molar-refractivity contribution in [2.45, 2.75) is 45.4 Å². The van der Waals surface area contributed by atoms with E-state index < -0.39 is 0 Å². The third-order valence-corrected chi connectivity index (χ3v) is 1.94. The van der Waals surface area contributed by atoms with E-state index in [2.05, 4.69) is 0 Å². The Balaban J connectivity index is 3.53. The molecule has 0 heterocycles. The summed E-state index contributed by atoms with van der Waals surface area (Å²) in [5.74, 6) is -0.369. The van der Waals surface area contributed by atoms with Gasteiger partial charge in [-0.05, 0) is 19.8 Å². The molecule has 84 valence electrons. The Hall–Kier alpha value is -1.32. The zero-order chi connectivity index (χ0) is 11.7. The van der Waals surface area contributed by atoms with Crippen LogP contribution in [0.4, 0.5) is 0 Å². The molecule has 0 unspecified atom stereocenters. The molecule has 4 nitrogen and oxygen atoms in total. The van der Waals surface area contributed by atoms with Gasteiger partial charge in [-0.15, -0.1) is 0 Å². The van der Waals surface area contributed by atoms with E-state index in [1.807, 2.05) is 0 Å². The van der Waals surface area contributed by atoms with Crippen LogP contribution >= 0.6 is 0 Å². The van der Waals surface area contributed by atoms with E-state index in [1.165, 1.54) is 6.92 Å². The Kier molecular flexibility index (Phi) is 7.32. The number of ketones is 3. The highest BCUT2D eigenvalue weighted by Crippen LogP contribution is 2.03. The van der Waals surface area contributed by atoms with Gasteiger partial charge in [-0.3, -0.25) is 9.59 Å². The number of carbonyl (C=O) groups is 4. The number of hydrogen-bond acceptors (Lipinski definition) is 4. The van der Waals surface area contributed by atoms with Crippen LogP contribution in [-0.4, -0.2) is 23.6 Å². The summed E-state index contributed by atoms with van der Waals surface area (Å²) in [4.78, 5) is 42.6. The van der Waals surface area contributed by atoms with Crippen LogP contribution in [0, 0.1) is 0 Å². The molecule has 0 aliphatic heterocycles. The smallest absolute Gasteiger partial charge is 0.147 e. The predicted molar refractivity (Wildman–Crippen MR) is 54.5 cm³/mol. The molecule has 0 spiro atoms. The third kappa shape index (κ3) is 9.00. The quantitative estimate of drug-likeness (QED) is 0.328. The monoisotopic (exact) mass is 212 g/mol. The van der Waals surface area contributed by atoms with Gasteiger partial charge in [0.05, 0.1) is 12.8 Å². The molecule has 0 saturated heterocycles. The molecule has 0 aromatic carbocycles. The second kappa shape index (κ2) is 8.03. The van der Waals surface area contributed by atoms with Crippen molar-refractivity contribution in [1.29, 1.82) is 0 Å². The van der Waals surface area contributed by atoms with Crippen LogP contribution in [0.3, 0.4) is 0 Å². The number of aldehydes is 1. The van der Waals surface area contributed by atoms with Crippen LogP contribution in [0.1, 0.15) is 45.4 Å². The fraction of sp³-hybridized carbons (Fsp3) is 0.636. The van der Waals surface area contributed by atoms with Crippen molar-refractivity contribution in [3.05, 3.63) is 0 Å². The molecule has 15 heavy (non-hydrogen) atoms. The van der Waals surface area contributed by atoms with Gasteiger partial charge in [-0.25, -0.2) is 0 Å². The van der Waals surface area contributed by atoms with Gasteiger partial charge in [-0.2, -0.15) is 0 Å². The summed E-state index contributed by atoms with van der Waals surface area (Å²) in [7, 11) is 0. The lowest BCUT2D eigenvalue weighted by atomic mass is 10.1. The van der Waals surface area contributed by atoms with Crippen LogP contribution in [0.25, 0.3) is 0 Å². The third-order valence-electron chi connectivity index (χ3n) is 1.94. The average Bonchev–Trinajstić information content (AvgIpc) is 2.12. The Morgan fingerprint density at radius 2 is 1.60 bits per heavy atom. The fourth-order valence-electron chi connectivity index (χ4n) is 1.17. The summed E-state index contributed by atoms with van der Waals surface area (Å²) < 4.78 is 0. The fourth-order valence-corrected chi connectivity index (χ4v) is 1.17. The largest absolute Gasteiger partial charge is 0.303 e. The SMILES string of the molecule is CC(=O)CCCCC(=O)CC(=O)CC=O. The first-order chi connectivity index (χ1) is 7.06. The van der Waals surface area contributed by atoms with Gasteiger partial charge in [-0.1, -0.05) is 0 Å². The normalized spacial score (nSPS) is 9.67. The van der Waals surface area contributed by atoms with Crippen molar-refractivity contribution in [3.63, 3.8) is 0 Å². The molecule has 0 atom stereocenters. The van der Waals surface area contributed by atoms with Crippen molar-refractivity contribution >= 4 is 23.6 Å². The first-order valence-corrected chi connectivity index (χ1v) is 5.02. The summed E-state index contributed by atoms with van der Waals surface area (Å²) in [6, 6.07) is 0. The van der Waals surface area contributed by atoms with Crippen molar-refractivity contribution in [2.75, 3.05) is 0 Å². The lowest BCUT2D eigenvalue weighted by Gasteiger charge is -1.98. The molecule has 0 aliphatic carbocycles. The zero-order valence-electron chi connectivity index (χ0n) is 8.95. The molecule has 4 heteroatoms. The highest BCUT2D eigenvalue weighted by Gasteiger charge is 2.08. The summed E-state index contributed by atoms with van der Waals surface area (Å²) in [6.45, 7) is 1.51. The van der Waals surface area contributed by atoms with Crippen molar-refractivity contribution in [2.24, 2.45) is 0 Å². The molecule has 0 N–H and O–H groups in total. The summed E-state index contributed by atoms with van der Waals surface area (Å²) in [5.41, 5.74) is 0. The maximum absolute atomic E-state index is 11.2. The minimum Gasteiger partial charge on any atom is -0.303 e. The zero-order valence-corrected chi connectivity index (χ0v) is 8.95. The van der Waals surface area contributed by atoms with Gasteiger partial charge in [0.2, 0.25) is 0 Å². The van der Waals surface area contributed by atoms with Gasteiger partial charge in [0.15, 0.2) is 0 Å². The minimum atomic E-state index is -0.332. The second-order valence-electron chi connectivity index (χ2n) is 3.53. The Bertz CT molecular complexity index is 255. The lowest BCUT2D eigenvalue weighted by Crippen LogP contribution is -2.08. The Labute approximate surface area is 89.0 Å². The van der Waals surface area contributed by atoms with Gasteiger partial charge in [0.1, 0.15) is 23.6 Å². The van der Waals surface area contributed by atoms with Crippen molar-refractivity contribution in [1.82, 2.24) is 0 Å². The molecule has 0 radical (unpaired) electrons. The molecular weight excluding hydrogens is 196 g/mol. The first-order valence-electron chi connectivity index (χ1n) is 5.02. The predicted octanol–water partition coefficient (Wildman–Crippen LogP) is 1.25. The van der Waals surface area contributed by atoms with Crippen molar-refractivity contribution in [3.8, 4) is 0 Å². The van der Waals surface area contributed by atoms with Crippen LogP contribution in [0.15, 0.2) is 0 Å². The van der Waals surface area contributed by atoms with E-state index in [0.29, 0.717) is 32.0 Å². The maximum Gasteiger partial charge on any atom is 0.147 e. The van der Waals surface area contributed by atoms with E-state index in [1.54, 1.807) is 0 Å². The van der Waals surface area contributed by atoms with E-state index in [4.69, 9.17) is 0 Å². The van der Waals surface area contributed by atoms with E-state index in [0.717, 1.165) is 0 Å². The molecule has 0 rings (SSSR count). The first kappa shape index (κ1) is 13.7. The molecule has 0 aromatic heterocycles. The summed E-state index contributed by atoms with van der Waals surface area (Å²) >= 11 is 0. The van der Waals surface area contributed by atoms with E-state index >= 15 is 0 Å². The van der Waals surface area contributed by atoms with Crippen molar-refractivity contribution < 1.29 is 19.2 Å². The van der Waals surface area contributed by atoms with Crippen LogP contribution in [0.2, 0.25) is 0 Å². The van der Waals surface area contributed by atoms with Crippen LogP contribution in [0.5, 0.6) is 0 Å². The van der Waals surface area contributed by atoms with Gasteiger partial charge >= 0.3 is 0 Å².